The molecule has 0 atom stereocenters. The largest absolute Gasteiger partial charge is 0.328 e. The maximum Gasteiger partial charge on any atom is 0.226 e. The number of aryl methyl sites for hydroxylation is 4. The van der Waals surface area contributed by atoms with E-state index in [1.54, 1.807) is 4.68 Å². The molecule has 0 aliphatic heterocycles. The number of anilines is 1. The van der Waals surface area contributed by atoms with Crippen LogP contribution in [-0.4, -0.2) is 31.0 Å². The minimum Gasteiger partial charge on any atom is -0.328 e. The standard InChI is InChI=1S/C21H27N5O2/c1-6-19-23-17-12-16(8-9-18(17)25(19)7-2)22-20(28)10-11-26-14(4)21(15(5)27)13(3)24-26/h8-9,12H,6-7,10-11H2,1-5H3,(H,22,28). The number of Topliss-reactive ketones (excluding diaryl/α,β-unsaturated/α-hetero) is 1. The smallest absolute Gasteiger partial charge is 0.226 e. The van der Waals surface area contributed by atoms with Crippen LogP contribution in [0.5, 0.6) is 0 Å². The quantitative estimate of drug-likeness (QED) is 0.633. The minimum atomic E-state index is -0.0954. The first-order valence-electron chi connectivity index (χ1n) is 9.69. The molecule has 2 aromatic heterocycles. The van der Waals surface area contributed by atoms with E-state index >= 15 is 0 Å². The number of fused-ring (bicyclic) bond motifs is 1. The normalized spacial score (nSPS) is 11.2. The zero-order valence-corrected chi connectivity index (χ0v) is 17.2. The lowest BCUT2D eigenvalue weighted by Crippen LogP contribution is -2.15. The molecule has 0 bridgehead atoms. The molecule has 2 heterocycles. The molecule has 0 spiro atoms. The Morgan fingerprint density at radius 2 is 1.93 bits per heavy atom. The van der Waals surface area contributed by atoms with E-state index in [0.717, 1.165) is 41.2 Å². The Balaban J connectivity index is 1.70. The highest BCUT2D eigenvalue weighted by Crippen LogP contribution is 2.21. The summed E-state index contributed by atoms with van der Waals surface area (Å²) in [4.78, 5) is 28.8. The molecule has 0 aliphatic rings. The van der Waals surface area contributed by atoms with E-state index in [1.807, 2.05) is 32.0 Å². The average Bonchev–Trinajstić information content (AvgIpc) is 3.15. The van der Waals surface area contributed by atoms with Gasteiger partial charge in [0.05, 0.1) is 22.3 Å². The SMILES string of the molecule is CCc1nc2cc(NC(=O)CCn3nc(C)c(C(C)=O)c3C)ccc2n1CC. The van der Waals surface area contributed by atoms with Crippen LogP contribution >= 0.6 is 0 Å². The summed E-state index contributed by atoms with van der Waals surface area (Å²) >= 11 is 0. The third-order valence-corrected chi connectivity index (χ3v) is 5.03. The van der Waals surface area contributed by atoms with Gasteiger partial charge in [-0.2, -0.15) is 5.10 Å². The maximum absolute atomic E-state index is 12.4. The van der Waals surface area contributed by atoms with Gasteiger partial charge in [0, 0.05) is 37.3 Å². The van der Waals surface area contributed by atoms with Crippen LogP contribution < -0.4 is 5.32 Å². The Bertz CT molecular complexity index is 1040. The van der Waals surface area contributed by atoms with Crippen LogP contribution in [0.3, 0.4) is 0 Å². The van der Waals surface area contributed by atoms with Gasteiger partial charge in [-0.3, -0.25) is 14.3 Å². The minimum absolute atomic E-state index is 0.00281. The van der Waals surface area contributed by atoms with Gasteiger partial charge in [-0.15, -0.1) is 0 Å². The van der Waals surface area contributed by atoms with Crippen molar-refractivity contribution in [3.63, 3.8) is 0 Å². The first-order chi connectivity index (χ1) is 13.3. The van der Waals surface area contributed by atoms with E-state index in [4.69, 9.17) is 0 Å². The van der Waals surface area contributed by atoms with Crippen LogP contribution in [0.2, 0.25) is 0 Å². The molecule has 7 heteroatoms. The summed E-state index contributed by atoms with van der Waals surface area (Å²) in [7, 11) is 0. The van der Waals surface area contributed by atoms with Crippen molar-refractivity contribution in [1.82, 2.24) is 19.3 Å². The number of ketones is 1. The van der Waals surface area contributed by atoms with Gasteiger partial charge in [-0.05, 0) is 45.9 Å². The second-order valence-corrected chi connectivity index (χ2v) is 6.95. The highest BCUT2D eigenvalue weighted by Gasteiger charge is 2.16. The summed E-state index contributed by atoms with van der Waals surface area (Å²) in [6.45, 7) is 10.7. The van der Waals surface area contributed by atoms with Crippen LogP contribution in [0, 0.1) is 13.8 Å². The van der Waals surface area contributed by atoms with Crippen LogP contribution in [0.1, 0.15) is 54.8 Å². The number of nitrogens with zero attached hydrogens (tertiary/aromatic N) is 4. The van der Waals surface area contributed by atoms with Gasteiger partial charge in [-0.25, -0.2) is 4.98 Å². The number of rotatable bonds is 7. The summed E-state index contributed by atoms with van der Waals surface area (Å²) in [5.41, 5.74) is 4.85. The van der Waals surface area contributed by atoms with E-state index in [9.17, 15) is 9.59 Å². The van der Waals surface area contributed by atoms with Crippen molar-refractivity contribution >= 4 is 28.4 Å². The van der Waals surface area contributed by atoms with Gasteiger partial charge in [0.2, 0.25) is 5.91 Å². The molecule has 28 heavy (non-hydrogen) atoms. The number of imidazole rings is 1. The maximum atomic E-state index is 12.4. The number of amides is 1. The van der Waals surface area contributed by atoms with Gasteiger partial charge in [-0.1, -0.05) is 6.92 Å². The molecule has 0 saturated carbocycles. The molecule has 1 amide bonds. The second-order valence-electron chi connectivity index (χ2n) is 6.95. The first-order valence-corrected chi connectivity index (χ1v) is 9.69. The molecule has 7 nitrogen and oxygen atoms in total. The molecule has 0 radical (unpaired) electrons. The number of benzene rings is 1. The number of hydrogen-bond acceptors (Lipinski definition) is 4. The van der Waals surface area contributed by atoms with Crippen molar-refractivity contribution in [3.8, 4) is 0 Å². The van der Waals surface area contributed by atoms with Crippen molar-refractivity contribution in [2.24, 2.45) is 0 Å². The highest BCUT2D eigenvalue weighted by atomic mass is 16.1. The Morgan fingerprint density at radius 3 is 2.54 bits per heavy atom. The fraction of sp³-hybridized carbons (Fsp3) is 0.429. The number of carbonyl (C=O) groups excluding carboxylic acids is 2. The Hall–Kier alpha value is -2.96. The molecule has 0 fully saturated rings. The van der Waals surface area contributed by atoms with E-state index in [0.29, 0.717) is 17.8 Å². The van der Waals surface area contributed by atoms with Crippen molar-refractivity contribution < 1.29 is 9.59 Å². The summed E-state index contributed by atoms with van der Waals surface area (Å²) in [6, 6.07) is 5.82. The lowest BCUT2D eigenvalue weighted by atomic mass is 10.1. The molecule has 0 aliphatic carbocycles. The number of hydrogen-bond donors (Lipinski definition) is 1. The number of nitrogens with one attached hydrogen (secondary N) is 1. The predicted molar refractivity (Wildman–Crippen MR) is 110 cm³/mol. The Labute approximate surface area is 164 Å². The molecule has 0 unspecified atom stereocenters. The molecule has 3 rings (SSSR count). The third-order valence-electron chi connectivity index (χ3n) is 5.03. The molecular formula is C21H27N5O2. The monoisotopic (exact) mass is 381 g/mol. The topological polar surface area (TPSA) is 81.8 Å². The molecule has 1 N–H and O–H groups in total. The summed E-state index contributed by atoms with van der Waals surface area (Å²) in [5, 5.41) is 7.32. The number of carbonyl (C=O) groups is 2. The fourth-order valence-corrected chi connectivity index (χ4v) is 3.74. The van der Waals surface area contributed by atoms with Crippen LogP contribution in [-0.2, 0) is 24.3 Å². The molecule has 148 valence electrons. The third kappa shape index (κ3) is 3.69. The van der Waals surface area contributed by atoms with Gasteiger partial charge in [0.15, 0.2) is 5.78 Å². The van der Waals surface area contributed by atoms with Gasteiger partial charge in [0.1, 0.15) is 5.82 Å². The Morgan fingerprint density at radius 1 is 1.18 bits per heavy atom. The molecule has 1 aromatic carbocycles. The fourth-order valence-electron chi connectivity index (χ4n) is 3.74. The highest BCUT2D eigenvalue weighted by molar-refractivity contribution is 5.96. The van der Waals surface area contributed by atoms with Crippen molar-refractivity contribution in [2.75, 3.05) is 5.32 Å². The van der Waals surface area contributed by atoms with Gasteiger partial charge >= 0.3 is 0 Å². The van der Waals surface area contributed by atoms with Gasteiger partial charge in [0.25, 0.3) is 0 Å². The summed E-state index contributed by atoms with van der Waals surface area (Å²) < 4.78 is 3.92. The van der Waals surface area contributed by atoms with E-state index in [-0.39, 0.29) is 18.1 Å². The predicted octanol–water partition coefficient (Wildman–Crippen LogP) is 3.66. The van der Waals surface area contributed by atoms with Crippen LogP contribution in [0.4, 0.5) is 5.69 Å². The van der Waals surface area contributed by atoms with E-state index < -0.39 is 0 Å². The lowest BCUT2D eigenvalue weighted by molar-refractivity contribution is -0.116. The second kappa shape index (κ2) is 7.96. The average molecular weight is 381 g/mol. The van der Waals surface area contributed by atoms with Crippen molar-refractivity contribution in [1.29, 1.82) is 0 Å². The summed E-state index contributed by atoms with van der Waals surface area (Å²) in [5.74, 6) is 0.950. The van der Waals surface area contributed by atoms with Crippen LogP contribution in [0.25, 0.3) is 11.0 Å². The van der Waals surface area contributed by atoms with Crippen LogP contribution in [0.15, 0.2) is 18.2 Å². The molecular weight excluding hydrogens is 354 g/mol. The van der Waals surface area contributed by atoms with Crippen molar-refractivity contribution in [3.05, 3.63) is 41.0 Å². The van der Waals surface area contributed by atoms with E-state index in [2.05, 4.69) is 33.8 Å². The Kier molecular flexibility index (Phi) is 5.63. The van der Waals surface area contributed by atoms with Crippen molar-refractivity contribution in [2.45, 2.75) is 60.5 Å². The molecule has 3 aromatic rings. The summed E-state index contributed by atoms with van der Waals surface area (Å²) in [6.07, 6.45) is 1.15. The lowest BCUT2D eigenvalue weighted by Gasteiger charge is -2.08. The molecule has 0 saturated heterocycles. The van der Waals surface area contributed by atoms with Gasteiger partial charge < -0.3 is 9.88 Å². The zero-order valence-electron chi connectivity index (χ0n) is 17.2. The number of aromatic nitrogens is 4. The first kappa shape index (κ1) is 19.8. The van der Waals surface area contributed by atoms with E-state index in [1.165, 1.54) is 6.92 Å². The zero-order chi connectivity index (χ0) is 20.4.